The van der Waals surface area contributed by atoms with Crippen LogP contribution in [0.25, 0.3) is 11.0 Å². The normalized spacial score (nSPS) is 18.3. The molecule has 2 saturated heterocycles. The zero-order valence-corrected chi connectivity index (χ0v) is 25.6. The van der Waals surface area contributed by atoms with Gasteiger partial charge in [0.05, 0.1) is 34.7 Å². The van der Waals surface area contributed by atoms with Gasteiger partial charge in [0.1, 0.15) is 11.8 Å². The summed E-state index contributed by atoms with van der Waals surface area (Å²) in [6.07, 6.45) is 0.797. The molecule has 1 unspecified atom stereocenters. The standard InChI is InChI=1S/C32H34N6O5S/c1-34-19-25(20-34)35(2)24-15-16-36(21-24)31(39)30(23-7-5-4-6-8-23)37-29-17-22(18-33)9-14-28(29)38(32(37)40)44(41,42)27-12-10-26(43-3)11-13-27/h4-14,17,24-25,30H,15-16,19-21H2,1-3H3/t24-,30?/m0/s1. The van der Waals surface area contributed by atoms with E-state index in [1.54, 1.807) is 29.2 Å². The number of fused-ring (bicyclic) bond motifs is 1. The number of aromatic nitrogens is 2. The average molecular weight is 615 g/mol. The van der Waals surface area contributed by atoms with Crippen molar-refractivity contribution in [3.05, 3.63) is 94.4 Å². The molecule has 3 aromatic carbocycles. The highest BCUT2D eigenvalue weighted by molar-refractivity contribution is 7.90. The molecule has 11 nitrogen and oxygen atoms in total. The molecule has 1 amide bonds. The predicted molar refractivity (Wildman–Crippen MR) is 165 cm³/mol. The molecule has 6 rings (SSSR count). The number of carbonyl (C=O) groups is 1. The minimum atomic E-state index is -4.40. The Bertz CT molecular complexity index is 1910. The van der Waals surface area contributed by atoms with Gasteiger partial charge in [0.2, 0.25) is 0 Å². The summed E-state index contributed by atoms with van der Waals surface area (Å²) in [4.78, 5) is 35.1. The number of likely N-dealkylation sites (N-methyl/N-ethyl adjacent to an activating group) is 2. The zero-order chi connectivity index (χ0) is 31.2. The molecule has 2 aliphatic heterocycles. The van der Waals surface area contributed by atoms with Crippen LogP contribution in [0.5, 0.6) is 5.75 Å². The van der Waals surface area contributed by atoms with Gasteiger partial charge in [-0.2, -0.15) is 9.23 Å². The van der Waals surface area contributed by atoms with Crippen LogP contribution in [0.15, 0.2) is 82.5 Å². The average Bonchev–Trinajstić information content (AvgIpc) is 3.63. The van der Waals surface area contributed by atoms with Gasteiger partial charge < -0.3 is 14.5 Å². The van der Waals surface area contributed by atoms with Crippen LogP contribution in [0, 0.1) is 11.3 Å². The van der Waals surface area contributed by atoms with E-state index in [0.29, 0.717) is 30.4 Å². The summed E-state index contributed by atoms with van der Waals surface area (Å²) in [7, 11) is 1.25. The van der Waals surface area contributed by atoms with E-state index in [1.165, 1.54) is 54.1 Å². The molecule has 0 spiro atoms. The van der Waals surface area contributed by atoms with Crippen LogP contribution in [-0.4, -0.2) is 97.0 Å². The lowest BCUT2D eigenvalue weighted by Crippen LogP contribution is -2.59. The second-order valence-electron chi connectivity index (χ2n) is 11.5. The fourth-order valence-electron chi connectivity index (χ4n) is 6.30. The van der Waals surface area contributed by atoms with E-state index in [0.717, 1.165) is 23.5 Å². The summed E-state index contributed by atoms with van der Waals surface area (Å²) in [5.41, 5.74) is 0.141. The maximum atomic E-state index is 14.5. The minimum absolute atomic E-state index is 0.0756. The fourth-order valence-corrected chi connectivity index (χ4v) is 7.70. The molecular formula is C32H34N6O5S. The third-order valence-electron chi connectivity index (χ3n) is 8.84. The Balaban J connectivity index is 1.48. The van der Waals surface area contributed by atoms with Gasteiger partial charge in [-0.25, -0.2) is 13.2 Å². The Kier molecular flexibility index (Phi) is 7.79. The third kappa shape index (κ3) is 5.06. The quantitative estimate of drug-likeness (QED) is 0.297. The summed E-state index contributed by atoms with van der Waals surface area (Å²) in [6, 6.07) is 20.5. The summed E-state index contributed by atoms with van der Waals surface area (Å²) in [6.45, 7) is 2.97. The van der Waals surface area contributed by atoms with E-state index in [9.17, 15) is 23.3 Å². The number of imidazole rings is 1. The van der Waals surface area contributed by atoms with E-state index in [4.69, 9.17) is 4.74 Å². The van der Waals surface area contributed by atoms with Crippen LogP contribution >= 0.6 is 0 Å². The van der Waals surface area contributed by atoms with Gasteiger partial charge in [0.25, 0.3) is 15.9 Å². The lowest BCUT2D eigenvalue weighted by atomic mass is 10.0. The number of carbonyl (C=O) groups excluding carboxylic acids is 1. The van der Waals surface area contributed by atoms with Crippen LogP contribution in [0.2, 0.25) is 0 Å². The molecule has 12 heteroatoms. The van der Waals surface area contributed by atoms with Crippen molar-refractivity contribution in [3.8, 4) is 11.8 Å². The van der Waals surface area contributed by atoms with E-state index >= 15 is 0 Å². The summed E-state index contributed by atoms with van der Waals surface area (Å²) in [5.74, 6) is 0.161. The Labute approximate surface area is 256 Å². The molecule has 0 radical (unpaired) electrons. The van der Waals surface area contributed by atoms with Gasteiger partial charge in [-0.05, 0) is 68.5 Å². The van der Waals surface area contributed by atoms with E-state index in [2.05, 4.69) is 30.0 Å². The zero-order valence-electron chi connectivity index (χ0n) is 24.8. The van der Waals surface area contributed by atoms with Crippen molar-refractivity contribution in [1.82, 2.24) is 23.2 Å². The third-order valence-corrected chi connectivity index (χ3v) is 10.5. The number of methoxy groups -OCH3 is 1. The van der Waals surface area contributed by atoms with Crippen molar-refractivity contribution in [2.45, 2.75) is 29.4 Å². The molecule has 1 aromatic heterocycles. The topological polar surface area (TPSA) is 121 Å². The van der Waals surface area contributed by atoms with Gasteiger partial charge in [0, 0.05) is 38.3 Å². The van der Waals surface area contributed by atoms with Gasteiger partial charge in [-0.3, -0.25) is 14.3 Å². The summed E-state index contributed by atoms with van der Waals surface area (Å²) in [5, 5.41) is 9.70. The summed E-state index contributed by atoms with van der Waals surface area (Å²) < 4.78 is 35.1. The number of ether oxygens (including phenoxy) is 1. The van der Waals surface area contributed by atoms with Gasteiger partial charge >= 0.3 is 5.69 Å². The van der Waals surface area contributed by atoms with Crippen molar-refractivity contribution in [2.75, 3.05) is 47.4 Å². The Morgan fingerprint density at radius 2 is 1.70 bits per heavy atom. The molecule has 2 aliphatic rings. The first-order chi connectivity index (χ1) is 21.1. The number of nitriles is 1. The minimum Gasteiger partial charge on any atom is -0.497 e. The molecule has 0 saturated carbocycles. The molecule has 2 atom stereocenters. The van der Waals surface area contributed by atoms with Crippen molar-refractivity contribution >= 4 is 27.0 Å². The van der Waals surface area contributed by atoms with Crippen LogP contribution < -0.4 is 10.4 Å². The number of nitrogens with zero attached hydrogens (tertiary/aromatic N) is 6. The molecule has 44 heavy (non-hydrogen) atoms. The molecule has 0 N–H and O–H groups in total. The Morgan fingerprint density at radius 1 is 1.00 bits per heavy atom. The molecule has 3 heterocycles. The van der Waals surface area contributed by atoms with Gasteiger partial charge in [-0.1, -0.05) is 30.3 Å². The largest absolute Gasteiger partial charge is 0.497 e. The van der Waals surface area contributed by atoms with E-state index < -0.39 is 21.8 Å². The lowest BCUT2D eigenvalue weighted by Gasteiger charge is -2.44. The first kappa shape index (κ1) is 29.6. The summed E-state index contributed by atoms with van der Waals surface area (Å²) >= 11 is 0. The smallest absolute Gasteiger partial charge is 0.344 e. The SMILES string of the molecule is COc1ccc(S(=O)(=O)n2c(=O)n(C(C(=O)N3CC[C@H](N(C)C4CN(C)C4)C3)c3ccccc3)c3cc(C#N)ccc32)cc1. The Hall–Kier alpha value is -4.44. The number of hydrogen-bond donors (Lipinski definition) is 0. The molecule has 0 aliphatic carbocycles. The number of amides is 1. The molecule has 228 valence electrons. The lowest BCUT2D eigenvalue weighted by molar-refractivity contribution is -0.132. The van der Waals surface area contributed by atoms with Crippen molar-refractivity contribution in [1.29, 1.82) is 5.26 Å². The van der Waals surface area contributed by atoms with Crippen LogP contribution in [-0.2, 0) is 14.8 Å². The molecule has 0 bridgehead atoms. The highest BCUT2D eigenvalue weighted by atomic mass is 32.2. The van der Waals surface area contributed by atoms with Crippen LogP contribution in [0.1, 0.15) is 23.6 Å². The maximum absolute atomic E-state index is 14.5. The van der Waals surface area contributed by atoms with Crippen molar-refractivity contribution in [2.24, 2.45) is 0 Å². The molecular weight excluding hydrogens is 580 g/mol. The van der Waals surface area contributed by atoms with Crippen molar-refractivity contribution < 1.29 is 17.9 Å². The molecule has 2 fully saturated rings. The van der Waals surface area contributed by atoms with Gasteiger partial charge in [0.15, 0.2) is 0 Å². The van der Waals surface area contributed by atoms with Crippen LogP contribution in [0.3, 0.4) is 0 Å². The maximum Gasteiger partial charge on any atom is 0.344 e. The first-order valence-electron chi connectivity index (χ1n) is 14.4. The fraction of sp³-hybridized carbons (Fsp3) is 0.344. The molecule has 4 aromatic rings. The van der Waals surface area contributed by atoms with Crippen molar-refractivity contribution in [3.63, 3.8) is 0 Å². The second-order valence-corrected chi connectivity index (χ2v) is 13.3. The number of rotatable bonds is 8. The van der Waals surface area contributed by atoms with E-state index in [-0.39, 0.29) is 33.4 Å². The van der Waals surface area contributed by atoms with Gasteiger partial charge in [-0.15, -0.1) is 0 Å². The Morgan fingerprint density at radius 3 is 2.34 bits per heavy atom. The highest BCUT2D eigenvalue weighted by Crippen LogP contribution is 2.30. The number of benzene rings is 3. The first-order valence-corrected chi connectivity index (χ1v) is 15.9. The number of likely N-dealkylation sites (tertiary alicyclic amines) is 2. The predicted octanol–water partition coefficient (Wildman–Crippen LogP) is 2.36. The highest BCUT2D eigenvalue weighted by Gasteiger charge is 2.40. The monoisotopic (exact) mass is 614 g/mol. The number of hydrogen-bond acceptors (Lipinski definition) is 8. The van der Waals surface area contributed by atoms with Crippen LogP contribution in [0.4, 0.5) is 0 Å². The van der Waals surface area contributed by atoms with E-state index in [1.807, 2.05) is 6.07 Å². The second kappa shape index (κ2) is 11.6.